The predicted octanol–water partition coefficient (Wildman–Crippen LogP) is 3.71. The maximum absolute atomic E-state index is 12.7. The lowest BCUT2D eigenvalue weighted by Gasteiger charge is -2.19. The number of hydrogen-bond acceptors (Lipinski definition) is 2. The van der Waals surface area contributed by atoms with Crippen LogP contribution in [-0.2, 0) is 11.0 Å². The van der Waals surface area contributed by atoms with Crippen molar-refractivity contribution < 1.29 is 18.0 Å². The first kappa shape index (κ1) is 17.4. The van der Waals surface area contributed by atoms with E-state index in [0.29, 0.717) is 0 Å². The lowest BCUT2D eigenvalue weighted by molar-refractivity contribution is -0.137. The monoisotopic (exact) mass is 318 g/mol. The number of carbonyl (C=O) groups is 1. The number of nitrogens with one attached hydrogen (secondary N) is 1. The molecule has 0 saturated heterocycles. The maximum atomic E-state index is 12.7. The van der Waals surface area contributed by atoms with E-state index in [1.807, 2.05) is 20.8 Å². The minimum atomic E-state index is -4.49. The number of thiocarbonyl (C=S) groups is 1. The minimum Gasteiger partial charge on any atom is -0.389 e. The molecule has 3 nitrogen and oxygen atoms in total. The van der Waals surface area contributed by atoms with Gasteiger partial charge in [0.1, 0.15) is 4.99 Å². The average Bonchev–Trinajstić information content (AvgIpc) is 2.24. The Morgan fingerprint density at radius 2 is 1.86 bits per heavy atom. The molecule has 0 aromatic heterocycles. The molecule has 3 N–H and O–H groups in total. The molecule has 0 bridgehead atoms. The van der Waals surface area contributed by atoms with Crippen molar-refractivity contribution in [3.8, 4) is 0 Å². The fourth-order valence-electron chi connectivity index (χ4n) is 1.71. The molecule has 7 heteroatoms. The third-order valence-corrected chi connectivity index (χ3v) is 2.80. The summed E-state index contributed by atoms with van der Waals surface area (Å²) in [5, 5.41) is 2.55. The lowest BCUT2D eigenvalue weighted by atomic mass is 9.92. The molecule has 0 fully saturated rings. The van der Waals surface area contributed by atoms with E-state index in [2.05, 4.69) is 5.32 Å². The summed E-state index contributed by atoms with van der Waals surface area (Å²) in [5.74, 6) is -0.306. The Labute approximate surface area is 126 Å². The molecule has 1 amide bonds. The van der Waals surface area contributed by atoms with Gasteiger partial charge < -0.3 is 11.1 Å². The van der Waals surface area contributed by atoms with E-state index < -0.39 is 11.7 Å². The largest absolute Gasteiger partial charge is 0.416 e. The number of carbonyl (C=O) groups excluding carboxylic acids is 1. The van der Waals surface area contributed by atoms with Gasteiger partial charge >= 0.3 is 6.18 Å². The molecule has 1 aromatic rings. The van der Waals surface area contributed by atoms with E-state index in [1.165, 1.54) is 0 Å². The number of alkyl halides is 3. The van der Waals surface area contributed by atoms with Gasteiger partial charge in [-0.1, -0.05) is 33.0 Å². The zero-order valence-corrected chi connectivity index (χ0v) is 12.8. The highest BCUT2D eigenvalue weighted by atomic mass is 32.1. The van der Waals surface area contributed by atoms with Gasteiger partial charge in [-0.05, 0) is 23.6 Å². The van der Waals surface area contributed by atoms with Gasteiger partial charge in [-0.2, -0.15) is 13.2 Å². The van der Waals surface area contributed by atoms with Crippen LogP contribution in [0.4, 0.5) is 18.9 Å². The SMILES string of the molecule is CC(C)(C)CC(=O)Nc1ccc(C(F)(F)F)cc1C(N)=S. The van der Waals surface area contributed by atoms with Gasteiger partial charge in [0, 0.05) is 12.0 Å². The lowest BCUT2D eigenvalue weighted by Crippen LogP contribution is -2.22. The first-order valence-corrected chi connectivity index (χ1v) is 6.62. The number of rotatable bonds is 3. The first-order valence-electron chi connectivity index (χ1n) is 6.21. The fourth-order valence-corrected chi connectivity index (χ4v) is 1.88. The zero-order chi connectivity index (χ0) is 16.4. The second-order valence-corrected chi connectivity index (χ2v) is 6.35. The van der Waals surface area contributed by atoms with E-state index in [1.54, 1.807) is 0 Å². The van der Waals surface area contributed by atoms with Gasteiger partial charge in [-0.3, -0.25) is 4.79 Å². The summed E-state index contributed by atoms with van der Waals surface area (Å²) < 4.78 is 38.0. The molecule has 0 aliphatic rings. The molecule has 0 aliphatic carbocycles. The van der Waals surface area contributed by atoms with Crippen LogP contribution >= 0.6 is 12.2 Å². The Balaban J connectivity index is 3.08. The Bertz CT molecular complexity index is 562. The van der Waals surface area contributed by atoms with Crippen molar-refractivity contribution in [3.05, 3.63) is 29.3 Å². The first-order chi connectivity index (χ1) is 9.40. The molecule has 1 rings (SSSR count). The molecule has 0 unspecified atom stereocenters. The highest BCUT2D eigenvalue weighted by molar-refractivity contribution is 7.80. The van der Waals surface area contributed by atoms with Crippen LogP contribution in [0, 0.1) is 5.41 Å². The van der Waals surface area contributed by atoms with Gasteiger partial charge in [0.25, 0.3) is 0 Å². The number of nitrogens with two attached hydrogens (primary N) is 1. The summed E-state index contributed by atoms with van der Waals surface area (Å²) in [5.41, 5.74) is 4.53. The van der Waals surface area contributed by atoms with Gasteiger partial charge in [0.05, 0.1) is 11.3 Å². The Morgan fingerprint density at radius 1 is 1.29 bits per heavy atom. The van der Waals surface area contributed by atoms with Crippen LogP contribution in [0.25, 0.3) is 0 Å². The van der Waals surface area contributed by atoms with Gasteiger partial charge in [0.2, 0.25) is 5.91 Å². The molecular formula is C14H17F3N2OS. The number of halogens is 3. The van der Waals surface area contributed by atoms with Crippen molar-refractivity contribution in [2.75, 3.05) is 5.32 Å². The molecule has 0 aliphatic heterocycles. The summed E-state index contributed by atoms with van der Waals surface area (Å²) >= 11 is 4.75. The van der Waals surface area contributed by atoms with E-state index >= 15 is 0 Å². The Hall–Kier alpha value is -1.63. The summed E-state index contributed by atoms with van der Waals surface area (Å²) in [6.45, 7) is 5.65. The van der Waals surface area contributed by atoms with Crippen LogP contribution in [0.15, 0.2) is 18.2 Å². The standard InChI is InChI=1S/C14H17F3N2OS/c1-13(2,3)7-11(20)19-10-5-4-8(14(15,16)17)6-9(10)12(18)21/h4-6H,7H2,1-3H3,(H2,18,21)(H,19,20). The van der Waals surface area contributed by atoms with Crippen LogP contribution in [0.2, 0.25) is 0 Å². The molecule has 0 saturated carbocycles. The molecule has 0 heterocycles. The molecular weight excluding hydrogens is 301 g/mol. The second-order valence-electron chi connectivity index (χ2n) is 5.91. The van der Waals surface area contributed by atoms with Gasteiger partial charge in [-0.25, -0.2) is 0 Å². The molecule has 21 heavy (non-hydrogen) atoms. The van der Waals surface area contributed by atoms with Crippen LogP contribution in [-0.4, -0.2) is 10.9 Å². The average molecular weight is 318 g/mol. The van der Waals surface area contributed by atoms with Crippen LogP contribution in [0.3, 0.4) is 0 Å². The Morgan fingerprint density at radius 3 is 2.29 bits per heavy atom. The molecule has 0 atom stereocenters. The molecule has 116 valence electrons. The smallest absolute Gasteiger partial charge is 0.389 e. The fraction of sp³-hybridized carbons (Fsp3) is 0.429. The summed E-state index contributed by atoms with van der Waals surface area (Å²) in [6, 6.07) is 2.89. The highest BCUT2D eigenvalue weighted by Gasteiger charge is 2.31. The third kappa shape index (κ3) is 5.34. The highest BCUT2D eigenvalue weighted by Crippen LogP contribution is 2.32. The third-order valence-electron chi connectivity index (χ3n) is 2.58. The topological polar surface area (TPSA) is 55.1 Å². The van der Waals surface area contributed by atoms with Crippen molar-refractivity contribution in [2.45, 2.75) is 33.4 Å². The molecule has 0 spiro atoms. The van der Waals surface area contributed by atoms with E-state index in [-0.39, 0.29) is 34.0 Å². The van der Waals surface area contributed by atoms with Crippen LogP contribution in [0.5, 0.6) is 0 Å². The van der Waals surface area contributed by atoms with Gasteiger partial charge in [-0.15, -0.1) is 0 Å². The predicted molar refractivity (Wildman–Crippen MR) is 80.0 cm³/mol. The van der Waals surface area contributed by atoms with Crippen molar-refractivity contribution in [1.82, 2.24) is 0 Å². The second kappa shape index (κ2) is 6.01. The molecule has 1 aromatic carbocycles. The van der Waals surface area contributed by atoms with Crippen molar-refractivity contribution >= 4 is 28.8 Å². The van der Waals surface area contributed by atoms with Gasteiger partial charge in [0.15, 0.2) is 0 Å². The van der Waals surface area contributed by atoms with Crippen molar-refractivity contribution in [1.29, 1.82) is 0 Å². The number of benzene rings is 1. The molecule has 0 radical (unpaired) electrons. The van der Waals surface area contributed by atoms with Crippen molar-refractivity contribution in [3.63, 3.8) is 0 Å². The summed E-state index contributed by atoms with van der Waals surface area (Å²) in [6.07, 6.45) is -4.27. The summed E-state index contributed by atoms with van der Waals surface area (Å²) in [4.78, 5) is 11.7. The van der Waals surface area contributed by atoms with E-state index in [4.69, 9.17) is 18.0 Å². The maximum Gasteiger partial charge on any atom is 0.416 e. The minimum absolute atomic E-state index is 0.00193. The zero-order valence-electron chi connectivity index (χ0n) is 12.0. The van der Waals surface area contributed by atoms with Crippen molar-refractivity contribution in [2.24, 2.45) is 11.1 Å². The van der Waals surface area contributed by atoms with E-state index in [9.17, 15) is 18.0 Å². The van der Waals surface area contributed by atoms with E-state index in [0.717, 1.165) is 18.2 Å². The summed E-state index contributed by atoms with van der Waals surface area (Å²) in [7, 11) is 0. The Kier molecular flexibility index (Phi) is 4.99. The number of anilines is 1. The number of hydrogen-bond donors (Lipinski definition) is 2. The van der Waals surface area contributed by atoms with Crippen LogP contribution < -0.4 is 11.1 Å². The number of amides is 1. The van der Waals surface area contributed by atoms with Crippen LogP contribution in [0.1, 0.15) is 38.3 Å². The quantitative estimate of drug-likeness (QED) is 0.835. The normalized spacial score (nSPS) is 12.1.